The van der Waals surface area contributed by atoms with E-state index in [2.05, 4.69) is 23.1 Å². The van der Waals surface area contributed by atoms with Gasteiger partial charge in [-0.2, -0.15) is 8.42 Å². The van der Waals surface area contributed by atoms with Crippen molar-refractivity contribution in [2.45, 2.75) is 44.4 Å². The Labute approximate surface area is 198 Å². The van der Waals surface area contributed by atoms with Gasteiger partial charge in [0.15, 0.2) is 0 Å². The number of unbranched alkanes of at least 4 members (excludes halogenated alkanes) is 2. The zero-order chi connectivity index (χ0) is 24.4. The summed E-state index contributed by atoms with van der Waals surface area (Å²) in [7, 11) is 0.585. The molecule has 0 heterocycles. The summed E-state index contributed by atoms with van der Waals surface area (Å²) in [5.74, 6) is -0.588. The number of methoxy groups -OCH3 is 1. The molecule has 0 amide bonds. The molecule has 0 saturated heterocycles. The molecule has 33 heavy (non-hydrogen) atoms. The lowest BCUT2D eigenvalue weighted by Gasteiger charge is -2.29. The first-order valence-corrected chi connectivity index (χ1v) is 12.7. The van der Waals surface area contributed by atoms with Crippen LogP contribution in [0.3, 0.4) is 0 Å². The molecule has 0 unspecified atom stereocenters. The molecule has 0 saturated carbocycles. The van der Waals surface area contributed by atoms with Crippen LogP contribution in [0.1, 0.15) is 49.9 Å². The highest BCUT2D eigenvalue weighted by molar-refractivity contribution is 7.90. The molecule has 8 heteroatoms. The van der Waals surface area contributed by atoms with Gasteiger partial charge in [-0.25, -0.2) is 4.79 Å². The normalized spacial score (nSPS) is 11.5. The number of carbonyl (C=O) groups excluding carboxylic acids is 1. The van der Waals surface area contributed by atoms with Crippen LogP contribution in [-0.2, 0) is 14.8 Å². The van der Waals surface area contributed by atoms with E-state index in [1.807, 2.05) is 30.3 Å². The van der Waals surface area contributed by atoms with Gasteiger partial charge in [0.1, 0.15) is 11.2 Å². The highest BCUT2D eigenvalue weighted by atomic mass is 32.2. The van der Waals surface area contributed by atoms with Crippen molar-refractivity contribution in [2.24, 2.45) is 4.40 Å². The largest absolute Gasteiger partial charge is 0.465 e. The third-order valence-electron chi connectivity index (χ3n) is 5.16. The van der Waals surface area contributed by atoms with Crippen LogP contribution in [0.15, 0.2) is 51.8 Å². The van der Waals surface area contributed by atoms with Gasteiger partial charge in [0.2, 0.25) is 0 Å². The lowest BCUT2D eigenvalue weighted by molar-refractivity contribution is 0.0600. The van der Waals surface area contributed by atoms with Crippen LogP contribution in [0.25, 0.3) is 11.1 Å². The van der Waals surface area contributed by atoms with Gasteiger partial charge in [-0.15, -0.1) is 4.40 Å². The first kappa shape index (κ1) is 26.4. The fourth-order valence-electron chi connectivity index (χ4n) is 3.45. The number of carbonyl (C=O) groups is 1. The summed E-state index contributed by atoms with van der Waals surface area (Å²) in [6, 6.07) is 12.5. The highest BCUT2D eigenvalue weighted by Crippen LogP contribution is 2.39. The first-order valence-electron chi connectivity index (χ1n) is 11.3. The fourth-order valence-corrected chi connectivity index (χ4v) is 4.63. The second kappa shape index (κ2) is 12.4. The molecule has 0 atom stereocenters. The van der Waals surface area contributed by atoms with Crippen molar-refractivity contribution in [2.75, 3.05) is 39.2 Å². The predicted octanol–water partition coefficient (Wildman–Crippen LogP) is 4.83. The number of ether oxygens (including phenoxy) is 1. The van der Waals surface area contributed by atoms with Crippen molar-refractivity contribution in [1.82, 2.24) is 4.90 Å². The smallest absolute Gasteiger partial charge is 0.337 e. The van der Waals surface area contributed by atoms with Gasteiger partial charge in [0.05, 0.1) is 12.7 Å². The number of hydrogen-bond donors (Lipinski definition) is 0. The molecule has 0 bridgehead atoms. The summed E-state index contributed by atoms with van der Waals surface area (Å²) < 4.78 is 35.6. The minimum atomic E-state index is -4.10. The maximum absolute atomic E-state index is 13.4. The maximum atomic E-state index is 13.4. The minimum Gasteiger partial charge on any atom is -0.465 e. The topological polar surface area (TPSA) is 79.3 Å². The minimum absolute atomic E-state index is 0.0114. The Morgan fingerprint density at radius 2 is 1.64 bits per heavy atom. The molecular formula is C25H35N3O4S. The van der Waals surface area contributed by atoms with Crippen molar-refractivity contribution in [3.8, 4) is 11.1 Å². The monoisotopic (exact) mass is 473 g/mol. The van der Waals surface area contributed by atoms with Crippen LogP contribution in [0, 0.1) is 0 Å². The molecule has 2 rings (SSSR count). The van der Waals surface area contributed by atoms with Gasteiger partial charge in [-0.05, 0) is 30.5 Å². The van der Waals surface area contributed by atoms with Crippen molar-refractivity contribution in [3.05, 3.63) is 48.0 Å². The zero-order valence-corrected chi connectivity index (χ0v) is 21.1. The summed E-state index contributed by atoms with van der Waals surface area (Å²) in [5.41, 5.74) is 2.18. The molecule has 2 aromatic rings. The number of benzene rings is 2. The van der Waals surface area contributed by atoms with Crippen LogP contribution in [0.2, 0.25) is 0 Å². The quantitative estimate of drug-likeness (QED) is 0.250. The molecule has 0 spiro atoms. The Morgan fingerprint density at radius 1 is 1.03 bits per heavy atom. The summed E-state index contributed by atoms with van der Waals surface area (Å²) in [6.07, 6.45) is 5.14. The number of hydrogen-bond acceptors (Lipinski definition) is 5. The van der Waals surface area contributed by atoms with E-state index in [0.29, 0.717) is 11.3 Å². The molecule has 0 aromatic heterocycles. The Balaban J connectivity index is 2.91. The van der Waals surface area contributed by atoms with E-state index in [0.717, 1.165) is 44.3 Å². The Bertz CT molecular complexity index is 1040. The fraction of sp³-hybridized carbons (Fsp3) is 0.440. The lowest BCUT2D eigenvalue weighted by Crippen LogP contribution is -2.27. The average molecular weight is 474 g/mol. The van der Waals surface area contributed by atoms with Gasteiger partial charge in [0.25, 0.3) is 10.0 Å². The van der Waals surface area contributed by atoms with E-state index < -0.39 is 16.0 Å². The van der Waals surface area contributed by atoms with Crippen molar-refractivity contribution >= 4 is 28.0 Å². The van der Waals surface area contributed by atoms with Crippen molar-refractivity contribution in [3.63, 3.8) is 0 Å². The highest BCUT2D eigenvalue weighted by Gasteiger charge is 2.27. The Hall–Kier alpha value is -2.87. The molecule has 0 fully saturated rings. The molecular weight excluding hydrogens is 438 g/mol. The summed E-state index contributed by atoms with van der Waals surface area (Å²) in [4.78, 5) is 16.2. The van der Waals surface area contributed by atoms with Gasteiger partial charge in [-0.3, -0.25) is 0 Å². The van der Waals surface area contributed by atoms with E-state index in [1.54, 1.807) is 25.1 Å². The number of esters is 1. The van der Waals surface area contributed by atoms with Crippen LogP contribution in [0.5, 0.6) is 0 Å². The molecule has 2 aromatic carbocycles. The SMILES string of the molecule is CCCCN(CCCC)c1cc(C(=O)OC)cc(S(=O)(=O)N=CN(C)C)c1-c1ccccc1. The molecule has 0 radical (unpaired) electrons. The number of sulfonamides is 1. The van der Waals surface area contributed by atoms with E-state index >= 15 is 0 Å². The van der Waals surface area contributed by atoms with E-state index in [4.69, 9.17) is 4.74 Å². The second-order valence-corrected chi connectivity index (χ2v) is 9.68. The third kappa shape index (κ3) is 7.05. The maximum Gasteiger partial charge on any atom is 0.337 e. The Kier molecular flexibility index (Phi) is 9.91. The standard InChI is InChI=1S/C25H35N3O4S/c1-6-8-15-28(16-9-7-2)22-17-21(25(29)32-5)18-23(33(30,31)26-19-27(3)4)24(22)20-13-11-10-12-14-20/h10-14,17-19H,6-9,15-16H2,1-5H3. The Morgan fingerprint density at radius 3 is 2.15 bits per heavy atom. The summed E-state index contributed by atoms with van der Waals surface area (Å²) in [6.45, 7) is 5.74. The van der Waals surface area contributed by atoms with Crippen molar-refractivity contribution < 1.29 is 17.9 Å². The van der Waals surface area contributed by atoms with E-state index in [1.165, 1.54) is 19.5 Å². The molecule has 0 aliphatic carbocycles. The third-order valence-corrected chi connectivity index (χ3v) is 6.41. The van der Waals surface area contributed by atoms with Crippen LogP contribution >= 0.6 is 0 Å². The van der Waals surface area contributed by atoms with Gasteiger partial charge >= 0.3 is 5.97 Å². The molecule has 0 aliphatic rings. The number of nitrogens with zero attached hydrogens (tertiary/aromatic N) is 3. The van der Waals surface area contributed by atoms with Gasteiger partial charge < -0.3 is 14.5 Å². The summed E-state index contributed by atoms with van der Waals surface area (Å²) >= 11 is 0. The van der Waals surface area contributed by atoms with Crippen LogP contribution in [0.4, 0.5) is 5.69 Å². The predicted molar refractivity (Wildman–Crippen MR) is 135 cm³/mol. The zero-order valence-electron chi connectivity index (χ0n) is 20.2. The molecule has 180 valence electrons. The average Bonchev–Trinajstić information content (AvgIpc) is 2.82. The molecule has 0 N–H and O–H groups in total. The summed E-state index contributed by atoms with van der Waals surface area (Å²) in [5, 5.41) is 0. The van der Waals surface area contributed by atoms with E-state index in [9.17, 15) is 13.2 Å². The van der Waals surface area contributed by atoms with Crippen LogP contribution < -0.4 is 4.90 Å². The molecule has 0 aliphatic heterocycles. The van der Waals surface area contributed by atoms with Crippen LogP contribution in [-0.4, -0.2) is 59.9 Å². The second-order valence-electron chi connectivity index (χ2n) is 8.08. The first-order chi connectivity index (χ1) is 15.7. The molecule has 7 nitrogen and oxygen atoms in total. The van der Waals surface area contributed by atoms with Gasteiger partial charge in [0, 0.05) is 38.4 Å². The van der Waals surface area contributed by atoms with Crippen molar-refractivity contribution in [1.29, 1.82) is 0 Å². The lowest BCUT2D eigenvalue weighted by atomic mass is 9.99. The number of rotatable bonds is 12. The number of anilines is 1. The van der Waals surface area contributed by atoms with Gasteiger partial charge in [-0.1, -0.05) is 57.0 Å². The van der Waals surface area contributed by atoms with E-state index in [-0.39, 0.29) is 10.5 Å².